The molecule has 1 aromatic heterocycles. The maximum absolute atomic E-state index is 15.3. The van der Waals surface area contributed by atoms with Crippen LogP contribution in [0.3, 0.4) is 0 Å². The number of carboxylic acid groups (broad SMARTS) is 1. The van der Waals surface area contributed by atoms with Crippen molar-refractivity contribution in [2.45, 2.75) is 0 Å². The van der Waals surface area contributed by atoms with E-state index in [1.54, 1.807) is 12.1 Å². The Labute approximate surface area is 224 Å². The van der Waals surface area contributed by atoms with Crippen molar-refractivity contribution >= 4 is 44.3 Å². The third-order valence-electron chi connectivity index (χ3n) is 6.65. The van der Waals surface area contributed by atoms with E-state index in [0.717, 1.165) is 10.5 Å². The molecule has 0 saturated carbocycles. The number of carbonyl (C=O) groups is 2. The highest BCUT2D eigenvalue weighted by Crippen LogP contribution is 2.28. The number of carboxylic acids is 1. The van der Waals surface area contributed by atoms with Crippen LogP contribution < -0.4 is 10.3 Å². The molecule has 5 rings (SSSR count). The van der Waals surface area contributed by atoms with Crippen molar-refractivity contribution in [3.05, 3.63) is 104 Å². The topological polar surface area (TPSA) is 82.8 Å². The number of piperazine rings is 1. The Morgan fingerprint density at radius 2 is 1.58 bits per heavy atom. The number of hydrogen-bond acceptors (Lipinski definition) is 5. The van der Waals surface area contributed by atoms with Gasteiger partial charge in [-0.3, -0.25) is 14.5 Å². The van der Waals surface area contributed by atoms with Crippen LogP contribution in [0.15, 0.2) is 76.1 Å². The predicted molar refractivity (Wildman–Crippen MR) is 144 cm³/mol. The maximum atomic E-state index is 15.3. The van der Waals surface area contributed by atoms with Gasteiger partial charge in [-0.15, -0.1) is 0 Å². The van der Waals surface area contributed by atoms with Crippen molar-refractivity contribution < 1.29 is 23.5 Å². The van der Waals surface area contributed by atoms with Gasteiger partial charge in [0.1, 0.15) is 17.2 Å². The number of aromatic nitrogens is 1. The molecule has 0 radical (unpaired) electrons. The molecule has 38 heavy (non-hydrogen) atoms. The molecule has 10 heteroatoms. The molecule has 1 saturated heterocycles. The van der Waals surface area contributed by atoms with E-state index in [4.69, 9.17) is 0 Å². The second-order valence-corrected chi connectivity index (χ2v) is 9.95. The molecule has 4 aromatic rings. The smallest absolute Gasteiger partial charge is 0.341 e. The van der Waals surface area contributed by atoms with Crippen LogP contribution >= 0.6 is 15.9 Å². The van der Waals surface area contributed by atoms with Gasteiger partial charge in [0, 0.05) is 53.5 Å². The van der Waals surface area contributed by atoms with E-state index in [9.17, 15) is 23.9 Å². The lowest BCUT2D eigenvalue weighted by atomic mass is 10.1. The first-order valence-corrected chi connectivity index (χ1v) is 12.6. The number of halogens is 3. The van der Waals surface area contributed by atoms with Crippen LogP contribution in [0.5, 0.6) is 0 Å². The average Bonchev–Trinajstić information content (AvgIpc) is 2.90. The van der Waals surface area contributed by atoms with Gasteiger partial charge >= 0.3 is 5.97 Å². The molecular weight excluding hydrogens is 560 g/mol. The Bertz CT molecular complexity index is 1600. The van der Waals surface area contributed by atoms with Crippen LogP contribution in [-0.4, -0.2) is 59.0 Å². The quantitative estimate of drug-likeness (QED) is 0.331. The molecule has 2 heterocycles. The second kappa shape index (κ2) is 10.5. The van der Waals surface area contributed by atoms with Crippen LogP contribution in [-0.2, 0) is 0 Å². The molecule has 7 nitrogen and oxygen atoms in total. The van der Waals surface area contributed by atoms with Gasteiger partial charge in [-0.2, -0.15) is 0 Å². The zero-order valence-corrected chi connectivity index (χ0v) is 21.6. The summed E-state index contributed by atoms with van der Waals surface area (Å²) < 4.78 is 31.2. The van der Waals surface area contributed by atoms with Crippen molar-refractivity contribution in [1.29, 1.82) is 0 Å². The SMILES string of the molecule is O=C(CN1CCN(c2cc3c(cc2F)c(=O)c(C(=O)O)cn3-c2ccc(F)cc2)CC1)c1ccc(Br)cc1. The van der Waals surface area contributed by atoms with Gasteiger partial charge < -0.3 is 14.6 Å². The number of rotatable bonds is 6. The molecule has 0 atom stereocenters. The fourth-order valence-corrected chi connectivity index (χ4v) is 4.89. The standard InChI is InChI=1S/C28H22BrF2N3O4/c29-18-3-1-17(2-4-18)26(35)16-32-9-11-33(12-10-32)25-14-24-21(13-23(25)31)27(36)22(28(37)38)15-34(24)20-7-5-19(30)6-8-20/h1-8,13-15H,9-12,16H2,(H,37,38). The Hall–Kier alpha value is -3.89. The molecule has 0 bridgehead atoms. The number of pyridine rings is 1. The number of hydrogen-bond donors (Lipinski definition) is 1. The first-order valence-electron chi connectivity index (χ1n) is 11.9. The first kappa shape index (κ1) is 25.7. The summed E-state index contributed by atoms with van der Waals surface area (Å²) in [4.78, 5) is 41.1. The van der Waals surface area contributed by atoms with Crippen molar-refractivity contribution in [2.75, 3.05) is 37.6 Å². The first-order chi connectivity index (χ1) is 18.2. The lowest BCUT2D eigenvalue weighted by Gasteiger charge is -2.36. The van der Waals surface area contributed by atoms with Gasteiger partial charge in [0.05, 0.1) is 17.7 Å². The molecule has 1 aliphatic rings. The van der Waals surface area contributed by atoms with Crippen LogP contribution in [0.1, 0.15) is 20.7 Å². The van der Waals surface area contributed by atoms with Crippen LogP contribution in [0.4, 0.5) is 14.5 Å². The second-order valence-electron chi connectivity index (χ2n) is 9.04. The highest BCUT2D eigenvalue weighted by molar-refractivity contribution is 9.10. The highest BCUT2D eigenvalue weighted by atomic mass is 79.9. The summed E-state index contributed by atoms with van der Waals surface area (Å²) in [6, 6.07) is 15.1. The molecule has 0 spiro atoms. The fraction of sp³-hybridized carbons (Fsp3) is 0.179. The van der Waals surface area contributed by atoms with E-state index in [2.05, 4.69) is 15.9 Å². The summed E-state index contributed by atoms with van der Waals surface area (Å²) in [6.45, 7) is 2.21. The van der Waals surface area contributed by atoms with Crippen molar-refractivity contribution in [3.63, 3.8) is 0 Å². The van der Waals surface area contributed by atoms with Gasteiger partial charge in [-0.05, 0) is 48.5 Å². The maximum Gasteiger partial charge on any atom is 0.341 e. The summed E-state index contributed by atoms with van der Waals surface area (Å²) in [7, 11) is 0. The molecule has 1 N–H and O–H groups in total. The third-order valence-corrected chi connectivity index (χ3v) is 7.18. The summed E-state index contributed by atoms with van der Waals surface area (Å²) >= 11 is 3.36. The Morgan fingerprint density at radius 1 is 0.921 bits per heavy atom. The fourth-order valence-electron chi connectivity index (χ4n) is 4.62. The van der Waals surface area contributed by atoms with E-state index in [0.29, 0.717) is 42.9 Å². The summed E-state index contributed by atoms with van der Waals surface area (Å²) in [5.41, 5.74) is 0.291. The van der Waals surface area contributed by atoms with Crippen LogP contribution in [0.25, 0.3) is 16.6 Å². The Kier molecular flexibility index (Phi) is 7.09. The van der Waals surface area contributed by atoms with Gasteiger partial charge in [0.2, 0.25) is 5.43 Å². The zero-order chi connectivity index (χ0) is 27.0. The molecule has 0 aliphatic carbocycles. The van der Waals surface area contributed by atoms with E-state index in [1.807, 2.05) is 21.9 Å². The third kappa shape index (κ3) is 5.09. The van der Waals surface area contributed by atoms with E-state index < -0.39 is 28.6 Å². The summed E-state index contributed by atoms with van der Waals surface area (Å²) in [6.07, 6.45) is 1.17. The summed E-state index contributed by atoms with van der Waals surface area (Å²) in [5.74, 6) is -2.56. The Balaban J connectivity index is 1.44. The van der Waals surface area contributed by atoms with Crippen LogP contribution in [0.2, 0.25) is 0 Å². The normalized spacial score (nSPS) is 14.1. The number of nitrogens with zero attached hydrogens (tertiary/aromatic N) is 3. The van der Waals surface area contributed by atoms with Gasteiger partial charge in [0.25, 0.3) is 0 Å². The van der Waals surface area contributed by atoms with E-state index in [-0.39, 0.29) is 23.4 Å². The number of ketones is 1. The number of benzene rings is 3. The molecule has 194 valence electrons. The lowest BCUT2D eigenvalue weighted by molar-refractivity contribution is 0.0694. The van der Waals surface area contributed by atoms with E-state index >= 15 is 4.39 Å². The highest BCUT2D eigenvalue weighted by Gasteiger charge is 2.24. The minimum atomic E-state index is -1.44. The molecular formula is C28H22BrF2N3O4. The van der Waals surface area contributed by atoms with Gasteiger partial charge in [0.15, 0.2) is 5.78 Å². The molecule has 0 amide bonds. The van der Waals surface area contributed by atoms with Gasteiger partial charge in [-0.25, -0.2) is 13.6 Å². The van der Waals surface area contributed by atoms with Crippen LogP contribution in [0, 0.1) is 11.6 Å². The number of Topliss-reactive ketones (excluding diaryl/α,β-unsaturated/α-hetero) is 1. The number of fused-ring (bicyclic) bond motifs is 1. The van der Waals surface area contributed by atoms with Crippen molar-refractivity contribution in [1.82, 2.24) is 9.47 Å². The zero-order valence-electron chi connectivity index (χ0n) is 20.0. The largest absolute Gasteiger partial charge is 0.477 e. The molecule has 1 fully saturated rings. The minimum Gasteiger partial charge on any atom is -0.477 e. The summed E-state index contributed by atoms with van der Waals surface area (Å²) in [5, 5.41) is 9.45. The number of anilines is 1. The minimum absolute atomic E-state index is 0.000357. The average molecular weight is 582 g/mol. The Morgan fingerprint density at radius 3 is 2.21 bits per heavy atom. The predicted octanol–water partition coefficient (Wildman–Crippen LogP) is 4.73. The van der Waals surface area contributed by atoms with Crippen molar-refractivity contribution in [2.24, 2.45) is 0 Å². The number of carbonyl (C=O) groups excluding carboxylic acids is 1. The number of aromatic carboxylic acids is 1. The van der Waals surface area contributed by atoms with Crippen molar-refractivity contribution in [3.8, 4) is 5.69 Å². The van der Waals surface area contributed by atoms with E-state index in [1.165, 1.54) is 41.1 Å². The molecule has 3 aromatic carbocycles. The molecule has 0 unspecified atom stereocenters. The molecule has 1 aliphatic heterocycles. The lowest BCUT2D eigenvalue weighted by Crippen LogP contribution is -2.48. The monoisotopic (exact) mass is 581 g/mol. The van der Waals surface area contributed by atoms with Gasteiger partial charge in [-0.1, -0.05) is 28.1 Å².